The maximum Gasteiger partial charge on any atom is 0.213 e. The van der Waals surface area contributed by atoms with E-state index in [1.807, 2.05) is 6.92 Å². The first kappa shape index (κ1) is 8.90. The fraction of sp³-hybridized carbons (Fsp3) is 0.750. The van der Waals surface area contributed by atoms with E-state index in [1.54, 1.807) is 0 Å². The van der Waals surface area contributed by atoms with Gasteiger partial charge < -0.3 is 4.74 Å². The van der Waals surface area contributed by atoms with Gasteiger partial charge in [-0.15, -0.1) is 0 Å². The second kappa shape index (κ2) is 3.23. The van der Waals surface area contributed by atoms with Gasteiger partial charge in [0.1, 0.15) is 5.60 Å². The fourth-order valence-corrected chi connectivity index (χ4v) is 1.78. The van der Waals surface area contributed by atoms with Crippen LogP contribution in [0.5, 0.6) is 0 Å². The van der Waals surface area contributed by atoms with Gasteiger partial charge in [0.15, 0.2) is 5.82 Å². The van der Waals surface area contributed by atoms with Gasteiger partial charge in [-0.2, -0.15) is 0 Å². The number of rotatable bonds is 1. The minimum absolute atomic E-state index is 0.272. The van der Waals surface area contributed by atoms with Crippen LogP contribution in [-0.4, -0.2) is 21.8 Å². The van der Waals surface area contributed by atoms with E-state index in [9.17, 15) is 0 Å². The van der Waals surface area contributed by atoms with Gasteiger partial charge in [0.25, 0.3) is 0 Å². The molecule has 2 heterocycles. The SMILES string of the molecule is CC1(c2nc(=S)[nH][nH]2)CCCCO1. The highest BCUT2D eigenvalue weighted by Crippen LogP contribution is 2.31. The quantitative estimate of drug-likeness (QED) is 0.679. The number of nitrogens with zero attached hydrogens (tertiary/aromatic N) is 1. The molecule has 0 spiro atoms. The first-order valence-corrected chi connectivity index (χ1v) is 4.91. The van der Waals surface area contributed by atoms with Crippen molar-refractivity contribution in [3.05, 3.63) is 10.6 Å². The Labute approximate surface area is 81.7 Å². The van der Waals surface area contributed by atoms with Crippen molar-refractivity contribution in [2.75, 3.05) is 6.61 Å². The van der Waals surface area contributed by atoms with Gasteiger partial charge in [0.05, 0.1) is 0 Å². The fourth-order valence-electron chi connectivity index (χ4n) is 1.64. The molecule has 1 aliphatic heterocycles. The number of hydrogen-bond donors (Lipinski definition) is 2. The second-order valence-electron chi connectivity index (χ2n) is 3.55. The lowest BCUT2D eigenvalue weighted by atomic mass is 9.95. The van der Waals surface area contributed by atoms with Crippen molar-refractivity contribution < 1.29 is 4.74 Å². The largest absolute Gasteiger partial charge is 0.367 e. The molecule has 72 valence electrons. The third-order valence-corrected chi connectivity index (χ3v) is 2.66. The average Bonchev–Trinajstić information content (AvgIpc) is 2.54. The standard InChI is InChI=1S/C8H13N3OS/c1-8(4-2-3-5-12-8)6-9-7(13)11-10-6/h2-5H2,1H3,(H2,9,10,11,13). The molecule has 4 nitrogen and oxygen atoms in total. The molecule has 0 aromatic carbocycles. The maximum absolute atomic E-state index is 5.70. The van der Waals surface area contributed by atoms with Gasteiger partial charge >= 0.3 is 0 Å². The summed E-state index contributed by atoms with van der Waals surface area (Å²) in [5, 5.41) is 5.74. The van der Waals surface area contributed by atoms with E-state index in [-0.39, 0.29) is 5.60 Å². The summed E-state index contributed by atoms with van der Waals surface area (Å²) in [4.78, 5) is 4.18. The van der Waals surface area contributed by atoms with Gasteiger partial charge in [0.2, 0.25) is 4.77 Å². The molecular weight excluding hydrogens is 186 g/mol. The Balaban J connectivity index is 2.27. The zero-order valence-corrected chi connectivity index (χ0v) is 8.41. The van der Waals surface area contributed by atoms with Crippen molar-refractivity contribution in [2.45, 2.75) is 31.8 Å². The highest BCUT2D eigenvalue weighted by Gasteiger charge is 2.32. The number of H-pyrrole nitrogens is 2. The van der Waals surface area contributed by atoms with Crippen molar-refractivity contribution in [3.63, 3.8) is 0 Å². The Bertz CT molecular complexity index is 337. The molecule has 13 heavy (non-hydrogen) atoms. The third-order valence-electron chi connectivity index (χ3n) is 2.47. The minimum Gasteiger partial charge on any atom is -0.367 e. The lowest BCUT2D eigenvalue weighted by Crippen LogP contribution is -2.31. The van der Waals surface area contributed by atoms with Crippen LogP contribution in [0.1, 0.15) is 32.0 Å². The molecule has 1 saturated heterocycles. The molecule has 1 atom stereocenters. The van der Waals surface area contributed by atoms with Crippen molar-refractivity contribution in [1.82, 2.24) is 15.2 Å². The van der Waals surface area contributed by atoms with Crippen LogP contribution in [-0.2, 0) is 10.3 Å². The number of aromatic nitrogens is 3. The molecule has 0 saturated carbocycles. The average molecular weight is 199 g/mol. The van der Waals surface area contributed by atoms with Gasteiger partial charge in [-0.3, -0.25) is 10.2 Å². The Morgan fingerprint density at radius 3 is 2.85 bits per heavy atom. The van der Waals surface area contributed by atoms with E-state index in [1.165, 1.54) is 6.42 Å². The third kappa shape index (κ3) is 1.66. The smallest absolute Gasteiger partial charge is 0.213 e. The van der Waals surface area contributed by atoms with Gasteiger partial charge in [-0.05, 0) is 38.4 Å². The number of aromatic amines is 2. The topological polar surface area (TPSA) is 53.7 Å². The molecule has 1 aromatic rings. The lowest BCUT2D eigenvalue weighted by molar-refractivity contribution is -0.0758. The Morgan fingerprint density at radius 1 is 1.46 bits per heavy atom. The summed E-state index contributed by atoms with van der Waals surface area (Å²) < 4.78 is 6.20. The van der Waals surface area contributed by atoms with Crippen LogP contribution in [0.4, 0.5) is 0 Å². The molecule has 0 amide bonds. The first-order valence-electron chi connectivity index (χ1n) is 4.50. The maximum atomic E-state index is 5.70. The van der Waals surface area contributed by atoms with Crippen molar-refractivity contribution in [1.29, 1.82) is 0 Å². The first-order chi connectivity index (χ1) is 6.21. The molecule has 0 radical (unpaired) electrons. The summed E-state index contributed by atoms with van der Waals surface area (Å²) >= 11 is 4.90. The van der Waals surface area contributed by atoms with Gasteiger partial charge in [0, 0.05) is 6.61 Å². The van der Waals surface area contributed by atoms with Crippen molar-refractivity contribution >= 4 is 12.2 Å². The predicted molar refractivity (Wildman–Crippen MR) is 50.9 cm³/mol. The summed E-state index contributed by atoms with van der Waals surface area (Å²) in [5.41, 5.74) is -0.272. The van der Waals surface area contributed by atoms with Gasteiger partial charge in [-0.25, -0.2) is 4.98 Å². The molecule has 2 N–H and O–H groups in total. The summed E-state index contributed by atoms with van der Waals surface area (Å²) in [6.07, 6.45) is 3.33. The van der Waals surface area contributed by atoms with E-state index in [2.05, 4.69) is 15.2 Å². The van der Waals surface area contributed by atoms with Crippen molar-refractivity contribution in [3.8, 4) is 0 Å². The number of hydrogen-bond acceptors (Lipinski definition) is 3. The zero-order chi connectivity index (χ0) is 9.31. The van der Waals surface area contributed by atoms with E-state index in [0.717, 1.165) is 25.3 Å². The molecule has 0 aliphatic carbocycles. The number of nitrogens with one attached hydrogen (secondary N) is 2. The zero-order valence-electron chi connectivity index (χ0n) is 7.59. The van der Waals surface area contributed by atoms with Crippen molar-refractivity contribution in [2.24, 2.45) is 0 Å². The van der Waals surface area contributed by atoms with Crippen LogP contribution in [0.3, 0.4) is 0 Å². The van der Waals surface area contributed by atoms with E-state index in [0.29, 0.717) is 4.77 Å². The summed E-state index contributed by atoms with van der Waals surface area (Å²) in [5.74, 6) is 0.817. The monoisotopic (exact) mass is 199 g/mol. The molecule has 5 heteroatoms. The van der Waals surface area contributed by atoms with E-state index < -0.39 is 0 Å². The van der Waals surface area contributed by atoms with E-state index in [4.69, 9.17) is 17.0 Å². The van der Waals surface area contributed by atoms with Crippen LogP contribution in [0.25, 0.3) is 0 Å². The summed E-state index contributed by atoms with van der Waals surface area (Å²) in [6.45, 7) is 2.86. The van der Waals surface area contributed by atoms with Crippen LogP contribution < -0.4 is 0 Å². The molecule has 0 bridgehead atoms. The number of ether oxygens (including phenoxy) is 1. The second-order valence-corrected chi connectivity index (χ2v) is 3.94. The van der Waals surface area contributed by atoms with Gasteiger partial charge in [-0.1, -0.05) is 0 Å². The summed E-state index contributed by atoms with van der Waals surface area (Å²) in [7, 11) is 0. The minimum atomic E-state index is -0.272. The lowest BCUT2D eigenvalue weighted by Gasteiger charge is -2.31. The van der Waals surface area contributed by atoms with Crippen LogP contribution >= 0.6 is 12.2 Å². The van der Waals surface area contributed by atoms with E-state index >= 15 is 0 Å². The molecule has 1 aromatic heterocycles. The highest BCUT2D eigenvalue weighted by molar-refractivity contribution is 7.71. The Hall–Kier alpha value is -0.680. The molecule has 1 unspecified atom stereocenters. The van der Waals surface area contributed by atoms with Crippen LogP contribution in [0.2, 0.25) is 0 Å². The van der Waals surface area contributed by atoms with Crippen LogP contribution in [0, 0.1) is 4.77 Å². The molecular formula is C8H13N3OS. The Morgan fingerprint density at radius 2 is 2.31 bits per heavy atom. The van der Waals surface area contributed by atoms with Crippen LogP contribution in [0.15, 0.2) is 0 Å². The Kier molecular flexibility index (Phi) is 2.21. The normalized spacial score (nSPS) is 29.0. The molecule has 2 rings (SSSR count). The summed E-state index contributed by atoms with van der Waals surface area (Å²) in [6, 6.07) is 0. The highest BCUT2D eigenvalue weighted by atomic mass is 32.1. The molecule has 1 fully saturated rings. The molecule has 1 aliphatic rings. The predicted octanol–water partition coefficient (Wildman–Crippen LogP) is 1.88.